The predicted octanol–water partition coefficient (Wildman–Crippen LogP) is -3.06. The van der Waals surface area contributed by atoms with Crippen molar-refractivity contribution in [3.05, 3.63) is 30.0 Å². The molecule has 89 heavy (non-hydrogen) atoms. The largest absolute Gasteiger partial charge is 0.492 e. The van der Waals surface area contributed by atoms with Crippen LogP contribution in [0.15, 0.2) is 24.4 Å². The fourth-order valence-electron chi connectivity index (χ4n) is 9.86. The maximum Gasteiger partial charge on any atom is 0.471 e. The Labute approximate surface area is 505 Å². The lowest BCUT2D eigenvalue weighted by atomic mass is 9.94. The highest BCUT2D eigenvalue weighted by molar-refractivity contribution is 8.01. The Bertz CT molecular complexity index is 2830. The number of carbonyl (C=O) groups is 9. The average Bonchev–Trinajstić information content (AvgIpc) is 1.45. The van der Waals surface area contributed by atoms with Gasteiger partial charge in [0.2, 0.25) is 23.6 Å². The number of rotatable bonds is 30. The van der Waals surface area contributed by atoms with Gasteiger partial charge in [0, 0.05) is 49.7 Å². The number of aromatic nitrogens is 1. The fourth-order valence-corrected chi connectivity index (χ4v) is 10.8. The molecule has 5 aliphatic heterocycles. The monoisotopic (exact) mass is 1300 g/mol. The molecule has 30 nitrogen and oxygen atoms in total. The summed E-state index contributed by atoms with van der Waals surface area (Å²) in [6, 6.07) is 1.23. The number of halogens is 6. The van der Waals surface area contributed by atoms with E-state index in [1.807, 2.05) is 0 Å². The zero-order valence-corrected chi connectivity index (χ0v) is 48.2. The van der Waals surface area contributed by atoms with E-state index in [9.17, 15) is 89.9 Å². The van der Waals surface area contributed by atoms with E-state index in [1.54, 1.807) is 6.07 Å². The number of amides is 6. The molecule has 2 aromatic rings. The Morgan fingerprint density at radius 2 is 1.18 bits per heavy atom. The molecule has 5 saturated heterocycles. The number of likely N-dealkylation sites (tertiary alicyclic amines) is 1. The van der Waals surface area contributed by atoms with Crippen molar-refractivity contribution >= 4 is 75.8 Å². The van der Waals surface area contributed by atoms with Crippen molar-refractivity contribution in [2.45, 2.75) is 98.8 Å². The number of imide groups is 1. The Kier molecular flexibility index (Phi) is 25.3. The molecule has 11 atom stereocenters. The van der Waals surface area contributed by atoms with Gasteiger partial charge in [-0.3, -0.25) is 43.3 Å². The third kappa shape index (κ3) is 18.9. The van der Waals surface area contributed by atoms with Crippen molar-refractivity contribution in [1.29, 1.82) is 0 Å². The quantitative estimate of drug-likeness (QED) is 0.0196. The third-order valence-electron chi connectivity index (χ3n) is 14.1. The smallest absolute Gasteiger partial charge is 0.471 e. The maximum atomic E-state index is 13.6. The molecule has 7 rings (SSSR count). The van der Waals surface area contributed by atoms with Crippen LogP contribution in [-0.4, -0.2) is 296 Å². The van der Waals surface area contributed by atoms with Crippen LogP contribution in [0.5, 0.6) is 5.75 Å². The first-order chi connectivity index (χ1) is 42.2. The number of ketones is 1. The van der Waals surface area contributed by atoms with E-state index >= 15 is 0 Å². The molecule has 6 heterocycles. The van der Waals surface area contributed by atoms with E-state index in [4.69, 9.17) is 52.1 Å². The van der Waals surface area contributed by atoms with Gasteiger partial charge in [0.1, 0.15) is 99.8 Å². The number of Topliss-reactive ketones (excluding diaryl/α,β-unsaturated/α-hetero) is 1. The topological polar surface area (TPSA) is 375 Å². The lowest BCUT2D eigenvalue weighted by Gasteiger charge is -2.49. The van der Waals surface area contributed by atoms with Gasteiger partial charge in [-0.2, -0.15) is 26.3 Å². The number of carbonyl (C=O) groups excluding carboxylic acids is 9. The van der Waals surface area contributed by atoms with Crippen LogP contribution < -0.4 is 15.4 Å². The van der Waals surface area contributed by atoms with Gasteiger partial charge < -0.3 is 97.5 Å². The van der Waals surface area contributed by atoms with E-state index in [0.717, 1.165) is 16.7 Å². The minimum atomic E-state index is -5.25. The summed E-state index contributed by atoms with van der Waals surface area (Å²) in [5.41, 5.74) is 0.335. The van der Waals surface area contributed by atoms with E-state index in [0.29, 0.717) is 15.3 Å². The van der Waals surface area contributed by atoms with Crippen molar-refractivity contribution < 1.29 is 142 Å². The van der Waals surface area contributed by atoms with Gasteiger partial charge >= 0.3 is 36.1 Å². The molecule has 0 bridgehead atoms. The first kappa shape index (κ1) is 70.1. The van der Waals surface area contributed by atoms with Crippen LogP contribution >= 0.6 is 11.8 Å². The van der Waals surface area contributed by atoms with E-state index in [1.165, 1.54) is 29.8 Å². The summed E-state index contributed by atoms with van der Waals surface area (Å²) in [6.45, 7) is -4.04. The van der Waals surface area contributed by atoms with Gasteiger partial charge in [-0.25, -0.2) is 4.79 Å². The number of nitrogens with one attached hydrogen (secondary N) is 2. The highest BCUT2D eigenvalue weighted by Gasteiger charge is 2.57. The number of nitrogens with zero attached hydrogens (tertiary/aromatic N) is 4. The van der Waals surface area contributed by atoms with Crippen molar-refractivity contribution in [1.82, 2.24) is 29.9 Å². The molecule has 496 valence electrons. The number of fused-ring (bicyclic) bond motifs is 3. The molecule has 0 radical (unpaired) electrons. The summed E-state index contributed by atoms with van der Waals surface area (Å²) < 4.78 is 140. The molecule has 5 fully saturated rings. The standard InChI is InChI=1S/C52H66F6N6O24S/c1-27(65)26-89-34-19-37(68)62(45(34)74)4-7-82-28-2-3-31-29(18-28)30(46(75)84-17-15-79-11-13-81-25-36(67)60-21-33-42(71)44(73)40-48(88-33)86-9-6-64(40)50(77)52(56,57)58)22-61(31)23-38(69)83-16-14-78-10-12-80-24-35(66)59-20-32-41(70)43(72)39-47(87-32)85-8-5-63(39)49(76)51(53,54)55/h2-3,18,22,32-34,39-44,47-48,70-73H,4-17,19-21,23-26H2,1H3,(H,59,66)(H,60,67)/t32-,33-,34?,39+,40+,41+,42+,43-,44-,47-,48-/m1/s1. The first-order valence-corrected chi connectivity index (χ1v) is 28.7. The summed E-state index contributed by atoms with van der Waals surface area (Å²) in [5, 5.41) is 46.7. The van der Waals surface area contributed by atoms with E-state index in [-0.39, 0.29) is 114 Å². The third-order valence-corrected chi connectivity index (χ3v) is 15.4. The van der Waals surface area contributed by atoms with Gasteiger partial charge in [-0.05, 0) is 25.1 Å². The molecule has 6 N–H and O–H groups in total. The van der Waals surface area contributed by atoms with Crippen molar-refractivity contribution in [2.75, 3.05) is 124 Å². The molecule has 0 saturated carbocycles. The van der Waals surface area contributed by atoms with Crippen molar-refractivity contribution in [3.63, 3.8) is 0 Å². The lowest BCUT2D eigenvalue weighted by Crippen LogP contribution is -2.70. The summed E-state index contributed by atoms with van der Waals surface area (Å²) >= 11 is 1.08. The highest BCUT2D eigenvalue weighted by Crippen LogP contribution is 2.34. The summed E-state index contributed by atoms with van der Waals surface area (Å²) in [6.07, 6.45) is -22.4. The van der Waals surface area contributed by atoms with Gasteiger partial charge in [-0.1, -0.05) is 0 Å². The number of alkyl halides is 6. The molecule has 5 aliphatic rings. The SMILES string of the molecule is CC(=O)CSC1CC(=O)N(CCOc2ccc3c(c2)c(C(=O)OCCOCCOCC(=O)NC[C@H]2O[C@H]4OCCN(C(=O)C(F)(F)F)[C@H]4[C@@H](O)[C@H]2O)cn3CC(=O)OCCOCCOCC(=O)NC[C@H]2O[C@H]3OCCN(C(=O)C(F)(F)F)[C@H]3[C@@H](O)[C@H]2O)C1=O. The van der Waals surface area contributed by atoms with E-state index in [2.05, 4.69) is 10.6 Å². The minimum absolute atomic E-state index is 0.0193. The van der Waals surface area contributed by atoms with Crippen LogP contribution in [0, 0.1) is 0 Å². The van der Waals surface area contributed by atoms with Crippen molar-refractivity contribution in [3.8, 4) is 5.75 Å². The second-order valence-electron chi connectivity index (χ2n) is 20.3. The van der Waals surface area contributed by atoms with Crippen LogP contribution in [0.25, 0.3) is 10.9 Å². The van der Waals surface area contributed by atoms with Gasteiger partial charge in [0.25, 0.3) is 0 Å². The maximum absolute atomic E-state index is 13.6. The van der Waals surface area contributed by atoms with Crippen LogP contribution in [0.4, 0.5) is 26.3 Å². The number of esters is 2. The molecular formula is C52H66F6N6O24S. The molecule has 37 heteroatoms. The first-order valence-electron chi connectivity index (χ1n) is 27.6. The Balaban J connectivity index is 0.818. The second kappa shape index (κ2) is 32.1. The molecule has 0 aliphatic carbocycles. The number of aliphatic hydroxyl groups is 4. The van der Waals surface area contributed by atoms with Crippen LogP contribution in [0.2, 0.25) is 0 Å². The zero-order chi connectivity index (χ0) is 64.7. The van der Waals surface area contributed by atoms with Gasteiger partial charge in [0.05, 0.1) is 76.0 Å². The molecule has 1 aromatic carbocycles. The second-order valence-corrected chi connectivity index (χ2v) is 21.5. The number of hydrogen-bond acceptors (Lipinski definition) is 25. The normalized spacial score (nSPS) is 25.5. The molecular weight excluding hydrogens is 1240 g/mol. The highest BCUT2D eigenvalue weighted by atomic mass is 32.2. The number of aliphatic hydroxyl groups excluding tert-OH is 4. The number of hydrogen-bond donors (Lipinski definition) is 6. The lowest BCUT2D eigenvalue weighted by molar-refractivity contribution is -0.300. The summed E-state index contributed by atoms with van der Waals surface area (Å²) in [5.74, 6) is -8.24. The average molecular weight is 1310 g/mol. The number of thioether (sulfide) groups is 1. The number of morpholine rings is 2. The fraction of sp³-hybridized carbons (Fsp3) is 0.673. The molecule has 1 unspecified atom stereocenters. The number of ether oxygens (including phenoxy) is 11. The summed E-state index contributed by atoms with van der Waals surface area (Å²) in [7, 11) is 0. The Hall–Kier alpha value is -6.36. The van der Waals surface area contributed by atoms with Crippen LogP contribution in [0.1, 0.15) is 23.7 Å². The summed E-state index contributed by atoms with van der Waals surface area (Å²) in [4.78, 5) is 114. The molecule has 0 spiro atoms. The van der Waals surface area contributed by atoms with Gasteiger partial charge in [0.15, 0.2) is 12.6 Å². The van der Waals surface area contributed by atoms with Crippen LogP contribution in [-0.2, 0) is 92.3 Å². The van der Waals surface area contributed by atoms with Crippen LogP contribution in [0.3, 0.4) is 0 Å². The Morgan fingerprint density at radius 1 is 0.674 bits per heavy atom. The molecule has 6 amide bonds. The zero-order valence-electron chi connectivity index (χ0n) is 47.4. The Morgan fingerprint density at radius 3 is 1.70 bits per heavy atom. The minimum Gasteiger partial charge on any atom is -0.492 e. The van der Waals surface area contributed by atoms with Crippen molar-refractivity contribution in [2.24, 2.45) is 0 Å². The molecule has 1 aromatic heterocycles. The van der Waals surface area contributed by atoms with E-state index < -0.39 is 172 Å². The van der Waals surface area contributed by atoms with Gasteiger partial charge in [-0.15, -0.1) is 11.8 Å². The predicted molar refractivity (Wildman–Crippen MR) is 283 cm³/mol. The number of benzene rings is 1.